The van der Waals surface area contributed by atoms with Crippen LogP contribution in [0.5, 0.6) is 5.75 Å². The Morgan fingerprint density at radius 3 is 2.57 bits per heavy atom. The van der Waals surface area contributed by atoms with Gasteiger partial charge in [-0.05, 0) is 42.8 Å². The van der Waals surface area contributed by atoms with Crippen molar-refractivity contribution >= 4 is 0 Å². The summed E-state index contributed by atoms with van der Waals surface area (Å²) in [5, 5.41) is 0. The molecule has 3 nitrogen and oxygen atoms in total. The number of ether oxygens (including phenoxy) is 1. The molecule has 0 spiro atoms. The van der Waals surface area contributed by atoms with Crippen LogP contribution in [0.3, 0.4) is 0 Å². The van der Waals surface area contributed by atoms with Crippen LogP contribution in [0.1, 0.15) is 6.92 Å². The topological polar surface area (TPSA) is 19.1 Å². The molecule has 1 aliphatic rings. The number of hydrogen-bond acceptors (Lipinski definition) is 1. The molecule has 0 radical (unpaired) electrons. The predicted octanol–water partition coefficient (Wildman–Crippen LogP) is 4.04. The molecule has 0 saturated carbocycles. The van der Waals surface area contributed by atoms with Gasteiger partial charge in [0.25, 0.3) is 0 Å². The van der Waals surface area contributed by atoms with Gasteiger partial charge in [-0.25, -0.2) is 0 Å². The van der Waals surface area contributed by atoms with Crippen molar-refractivity contribution in [2.24, 2.45) is 0 Å². The second kappa shape index (κ2) is 4.85. The normalized spacial score (nSPS) is 12.8. The van der Waals surface area contributed by atoms with Crippen molar-refractivity contribution in [1.29, 1.82) is 0 Å². The first kappa shape index (κ1) is 12.3. The van der Waals surface area contributed by atoms with Gasteiger partial charge in [0.05, 0.1) is 18.0 Å². The molecule has 1 aliphatic heterocycles. The highest BCUT2D eigenvalue weighted by molar-refractivity contribution is 5.71. The first-order valence-corrected chi connectivity index (χ1v) is 7.44. The standard InChI is InChI=1S/C18H18N2O/c1-2-21-16-7-5-14(6-8-16)15-12-18-17-4-3-9-19(17)10-11-20(18)13-15/h3-9,12-13H,2,10-11H2,1H3. The summed E-state index contributed by atoms with van der Waals surface area (Å²) in [5.41, 5.74) is 5.11. The van der Waals surface area contributed by atoms with E-state index in [0.29, 0.717) is 6.61 Å². The minimum absolute atomic E-state index is 0.705. The number of rotatable bonds is 3. The number of aryl methyl sites for hydroxylation is 2. The zero-order valence-corrected chi connectivity index (χ0v) is 12.1. The number of aromatic nitrogens is 2. The van der Waals surface area contributed by atoms with E-state index in [0.717, 1.165) is 18.8 Å². The molecule has 2 aromatic heterocycles. The van der Waals surface area contributed by atoms with Gasteiger partial charge in [0.1, 0.15) is 5.75 Å². The van der Waals surface area contributed by atoms with E-state index in [1.54, 1.807) is 0 Å². The van der Waals surface area contributed by atoms with Gasteiger partial charge in [0.2, 0.25) is 0 Å². The Kier molecular flexibility index (Phi) is 2.85. The molecule has 106 valence electrons. The van der Waals surface area contributed by atoms with Gasteiger partial charge in [0, 0.05) is 31.0 Å². The lowest BCUT2D eigenvalue weighted by molar-refractivity contribution is 0.340. The summed E-state index contributed by atoms with van der Waals surface area (Å²) in [6.07, 6.45) is 4.41. The maximum Gasteiger partial charge on any atom is 0.119 e. The first-order valence-electron chi connectivity index (χ1n) is 7.44. The van der Waals surface area contributed by atoms with E-state index in [1.165, 1.54) is 22.5 Å². The Morgan fingerprint density at radius 1 is 0.952 bits per heavy atom. The summed E-state index contributed by atoms with van der Waals surface area (Å²) in [4.78, 5) is 0. The van der Waals surface area contributed by atoms with E-state index in [4.69, 9.17) is 4.74 Å². The SMILES string of the molecule is CCOc1ccc(-c2cc3n(c2)CCn2cccc2-3)cc1. The minimum Gasteiger partial charge on any atom is -0.494 e. The lowest BCUT2D eigenvalue weighted by Gasteiger charge is -2.18. The van der Waals surface area contributed by atoms with Crippen LogP contribution in [0.4, 0.5) is 0 Å². The van der Waals surface area contributed by atoms with Crippen LogP contribution in [-0.4, -0.2) is 15.7 Å². The van der Waals surface area contributed by atoms with Crippen molar-refractivity contribution in [1.82, 2.24) is 9.13 Å². The second-order valence-electron chi connectivity index (χ2n) is 5.35. The van der Waals surface area contributed by atoms with Crippen molar-refractivity contribution in [3.05, 3.63) is 54.9 Å². The Morgan fingerprint density at radius 2 is 1.76 bits per heavy atom. The van der Waals surface area contributed by atoms with Crippen molar-refractivity contribution in [2.75, 3.05) is 6.61 Å². The van der Waals surface area contributed by atoms with E-state index in [1.807, 2.05) is 19.1 Å². The van der Waals surface area contributed by atoms with Gasteiger partial charge in [-0.15, -0.1) is 0 Å². The fraction of sp³-hybridized carbons (Fsp3) is 0.222. The summed E-state index contributed by atoms with van der Waals surface area (Å²) in [6.45, 7) is 4.79. The van der Waals surface area contributed by atoms with Gasteiger partial charge < -0.3 is 13.9 Å². The summed E-state index contributed by atoms with van der Waals surface area (Å²) in [5.74, 6) is 0.930. The molecular weight excluding hydrogens is 260 g/mol. The van der Waals surface area contributed by atoms with E-state index < -0.39 is 0 Å². The fourth-order valence-electron chi connectivity index (χ4n) is 3.04. The highest BCUT2D eigenvalue weighted by atomic mass is 16.5. The smallest absolute Gasteiger partial charge is 0.119 e. The predicted molar refractivity (Wildman–Crippen MR) is 84.5 cm³/mol. The van der Waals surface area contributed by atoms with Gasteiger partial charge in [-0.2, -0.15) is 0 Å². The molecule has 3 heterocycles. The van der Waals surface area contributed by atoms with Crippen LogP contribution >= 0.6 is 0 Å². The third kappa shape index (κ3) is 2.05. The van der Waals surface area contributed by atoms with Gasteiger partial charge in [0.15, 0.2) is 0 Å². The average molecular weight is 278 g/mol. The lowest BCUT2D eigenvalue weighted by atomic mass is 10.1. The van der Waals surface area contributed by atoms with Crippen molar-refractivity contribution in [3.8, 4) is 28.3 Å². The van der Waals surface area contributed by atoms with Gasteiger partial charge in [-0.3, -0.25) is 0 Å². The Labute approximate surface area is 124 Å². The minimum atomic E-state index is 0.705. The molecule has 0 atom stereocenters. The lowest BCUT2D eigenvalue weighted by Crippen LogP contribution is -2.14. The van der Waals surface area contributed by atoms with Gasteiger partial charge >= 0.3 is 0 Å². The number of nitrogens with zero attached hydrogens (tertiary/aromatic N) is 2. The highest BCUT2D eigenvalue weighted by Gasteiger charge is 2.16. The highest BCUT2D eigenvalue weighted by Crippen LogP contribution is 2.32. The zero-order chi connectivity index (χ0) is 14.2. The van der Waals surface area contributed by atoms with Crippen LogP contribution in [-0.2, 0) is 13.1 Å². The molecule has 0 N–H and O–H groups in total. The number of hydrogen-bond donors (Lipinski definition) is 0. The molecule has 3 heteroatoms. The largest absolute Gasteiger partial charge is 0.494 e. The number of benzene rings is 1. The first-order chi connectivity index (χ1) is 10.3. The monoisotopic (exact) mass is 278 g/mol. The van der Waals surface area contributed by atoms with Crippen LogP contribution in [0.25, 0.3) is 22.5 Å². The molecule has 0 amide bonds. The third-order valence-corrected chi connectivity index (χ3v) is 4.07. The van der Waals surface area contributed by atoms with E-state index in [-0.39, 0.29) is 0 Å². The van der Waals surface area contributed by atoms with E-state index in [9.17, 15) is 0 Å². The van der Waals surface area contributed by atoms with Crippen LogP contribution < -0.4 is 4.74 Å². The Balaban J connectivity index is 1.72. The maximum atomic E-state index is 5.51. The summed E-state index contributed by atoms with van der Waals surface area (Å²) in [7, 11) is 0. The molecule has 0 unspecified atom stereocenters. The van der Waals surface area contributed by atoms with Crippen LogP contribution in [0, 0.1) is 0 Å². The summed E-state index contributed by atoms with van der Waals surface area (Å²) in [6, 6.07) is 14.9. The molecule has 3 aromatic rings. The van der Waals surface area contributed by atoms with Crippen LogP contribution in [0.2, 0.25) is 0 Å². The molecule has 0 saturated heterocycles. The molecule has 0 aliphatic carbocycles. The molecule has 0 bridgehead atoms. The number of fused-ring (bicyclic) bond motifs is 3. The van der Waals surface area contributed by atoms with Crippen molar-refractivity contribution in [3.63, 3.8) is 0 Å². The fourth-order valence-corrected chi connectivity index (χ4v) is 3.04. The quantitative estimate of drug-likeness (QED) is 0.707. The van der Waals surface area contributed by atoms with Gasteiger partial charge in [-0.1, -0.05) is 12.1 Å². The maximum absolute atomic E-state index is 5.51. The summed E-state index contributed by atoms with van der Waals surface area (Å²) >= 11 is 0. The Bertz CT molecular complexity index is 765. The molecule has 21 heavy (non-hydrogen) atoms. The van der Waals surface area contributed by atoms with Crippen LogP contribution in [0.15, 0.2) is 54.9 Å². The van der Waals surface area contributed by atoms with Crippen molar-refractivity contribution < 1.29 is 4.74 Å². The molecule has 0 fully saturated rings. The van der Waals surface area contributed by atoms with Crippen molar-refractivity contribution in [2.45, 2.75) is 20.0 Å². The molecule has 4 rings (SSSR count). The second-order valence-corrected chi connectivity index (χ2v) is 5.35. The molecule has 1 aromatic carbocycles. The average Bonchev–Trinajstić information content (AvgIpc) is 3.14. The van der Waals surface area contributed by atoms with E-state index >= 15 is 0 Å². The zero-order valence-electron chi connectivity index (χ0n) is 12.1. The Hall–Kier alpha value is -2.42. The summed E-state index contributed by atoms with van der Waals surface area (Å²) < 4.78 is 10.2. The molecular formula is C18H18N2O. The van der Waals surface area contributed by atoms with E-state index in [2.05, 4.69) is 51.9 Å². The third-order valence-electron chi connectivity index (χ3n) is 4.07.